The Morgan fingerprint density at radius 2 is 1.52 bits per heavy atom. The third-order valence-electron chi connectivity index (χ3n) is 3.81. The van der Waals surface area contributed by atoms with Gasteiger partial charge in [0, 0.05) is 11.1 Å². The summed E-state index contributed by atoms with van der Waals surface area (Å²) in [5.41, 5.74) is 3.75. The number of rotatable bonds is 1. The van der Waals surface area contributed by atoms with Crippen molar-refractivity contribution in [1.82, 2.24) is 0 Å². The van der Waals surface area contributed by atoms with Gasteiger partial charge in [-0.2, -0.15) is 0 Å². The van der Waals surface area contributed by atoms with E-state index >= 15 is 0 Å². The van der Waals surface area contributed by atoms with Gasteiger partial charge in [-0.25, -0.2) is 4.57 Å². The zero-order valence-corrected chi connectivity index (χ0v) is 16.7. The Morgan fingerprint density at radius 3 is 2.30 bits per heavy atom. The zero-order chi connectivity index (χ0) is 15.2. The Bertz CT molecular complexity index is 915. The van der Waals surface area contributed by atoms with Gasteiger partial charge in [-0.05, 0) is 29.3 Å². The molecule has 5 heteroatoms. The Kier molecular flexibility index (Phi) is 4.95. The predicted molar refractivity (Wildman–Crippen MR) is 88.5 cm³/mol. The van der Waals surface area contributed by atoms with Crippen molar-refractivity contribution in [2.24, 2.45) is 0 Å². The van der Waals surface area contributed by atoms with Crippen LogP contribution in [-0.2, 0) is 4.57 Å². The summed E-state index contributed by atoms with van der Waals surface area (Å²) in [4.78, 5) is 10.1. The van der Waals surface area contributed by atoms with Crippen LogP contribution < -0.4 is 61.2 Å². The smallest absolute Gasteiger partial charge is 1.00 e. The number of benzene rings is 3. The summed E-state index contributed by atoms with van der Waals surface area (Å²) in [6.45, 7) is 0. The van der Waals surface area contributed by atoms with E-state index in [-0.39, 0.29) is 52.8 Å². The van der Waals surface area contributed by atoms with Gasteiger partial charge in [0.1, 0.15) is 5.75 Å². The number of hydrogen-bond acceptors (Lipinski definition) is 2. The second-order valence-corrected chi connectivity index (χ2v) is 6.91. The molecule has 0 amide bonds. The van der Waals surface area contributed by atoms with Crippen LogP contribution in [0.25, 0.3) is 22.3 Å². The van der Waals surface area contributed by atoms with Crippen molar-refractivity contribution in [3.05, 3.63) is 72.8 Å². The van der Waals surface area contributed by atoms with Crippen molar-refractivity contribution < 1.29 is 66.8 Å². The molecule has 1 unspecified atom stereocenters. The molecule has 3 aromatic rings. The largest absolute Gasteiger partial charge is 1.00 e. The van der Waals surface area contributed by atoms with Crippen molar-refractivity contribution in [2.75, 3.05) is 0 Å². The van der Waals surface area contributed by atoms with E-state index in [1.165, 1.54) is 0 Å². The van der Waals surface area contributed by atoms with Gasteiger partial charge in [0.2, 0.25) is 0 Å². The van der Waals surface area contributed by atoms with Crippen molar-refractivity contribution in [3.8, 4) is 28.0 Å². The summed E-state index contributed by atoms with van der Waals surface area (Å²) in [7, 11) is -3.80. The van der Waals surface area contributed by atoms with E-state index in [0.29, 0.717) is 11.1 Å². The summed E-state index contributed by atoms with van der Waals surface area (Å²) in [5, 5.41) is 0.354. The van der Waals surface area contributed by atoms with Gasteiger partial charge in [-0.3, -0.25) is 0 Å². The van der Waals surface area contributed by atoms with E-state index in [9.17, 15) is 9.46 Å². The first-order valence-corrected chi connectivity index (χ1v) is 8.55. The maximum absolute atomic E-state index is 12.3. The van der Waals surface area contributed by atoms with Crippen molar-refractivity contribution in [2.45, 2.75) is 0 Å². The molecule has 1 N–H and O–H groups in total. The fraction of sp³-hybridized carbons (Fsp3) is 0. The molecule has 0 spiro atoms. The molecule has 0 radical (unpaired) electrons. The molecule has 1 heterocycles. The first-order valence-electron chi connectivity index (χ1n) is 6.97. The summed E-state index contributed by atoms with van der Waals surface area (Å²) in [6, 6.07) is 22.8. The fourth-order valence-electron chi connectivity index (χ4n) is 2.76. The van der Waals surface area contributed by atoms with Gasteiger partial charge in [0.05, 0.1) is 5.30 Å². The van der Waals surface area contributed by atoms with E-state index < -0.39 is 7.60 Å². The number of fused-ring (bicyclic) bond motifs is 3. The third-order valence-corrected chi connectivity index (χ3v) is 5.25. The molecule has 0 saturated heterocycles. The van der Waals surface area contributed by atoms with Crippen LogP contribution >= 0.6 is 7.60 Å². The van der Waals surface area contributed by atoms with Gasteiger partial charge in [-0.1, -0.05) is 54.6 Å². The zero-order valence-electron chi connectivity index (χ0n) is 13.6. The maximum atomic E-state index is 12.3. The Labute approximate surface area is 178 Å². The molecule has 4 rings (SSSR count). The fourth-order valence-corrected chi connectivity index (χ4v) is 4.06. The molecule has 110 valence electrons. The molecule has 0 bridgehead atoms. The van der Waals surface area contributed by atoms with Crippen LogP contribution in [0.1, 0.15) is 1.43 Å². The van der Waals surface area contributed by atoms with Crippen LogP contribution in [0.15, 0.2) is 72.8 Å². The molecule has 1 aliphatic rings. The summed E-state index contributed by atoms with van der Waals surface area (Å²) in [6.07, 6.45) is 0. The van der Waals surface area contributed by atoms with Crippen LogP contribution in [0, 0.1) is 0 Å². The van der Waals surface area contributed by atoms with Gasteiger partial charge < -0.3 is 10.8 Å². The SMILES string of the molecule is O=P1(O)Oc2ccc(-c3ccccc3)cc2-c2ccccc21.[H-].[K+]. The topological polar surface area (TPSA) is 46.5 Å². The molecular formula is C18H14KO3P. The van der Waals surface area contributed by atoms with E-state index in [0.717, 1.165) is 22.3 Å². The first-order chi connectivity index (χ1) is 10.6. The predicted octanol–water partition coefficient (Wildman–Crippen LogP) is 1.34. The summed E-state index contributed by atoms with van der Waals surface area (Å²) < 4.78 is 17.7. The molecular weight excluding hydrogens is 334 g/mol. The monoisotopic (exact) mass is 348 g/mol. The maximum Gasteiger partial charge on any atom is 1.00 e. The Hall–Kier alpha value is -0.714. The molecule has 0 fully saturated rings. The Morgan fingerprint density at radius 1 is 0.826 bits per heavy atom. The molecule has 0 saturated carbocycles. The van der Waals surface area contributed by atoms with Gasteiger partial charge in [0.25, 0.3) is 0 Å². The van der Waals surface area contributed by atoms with E-state index in [4.69, 9.17) is 4.52 Å². The third kappa shape index (κ3) is 3.13. The summed E-state index contributed by atoms with van der Waals surface area (Å²) >= 11 is 0. The molecule has 23 heavy (non-hydrogen) atoms. The number of hydrogen-bond donors (Lipinski definition) is 1. The molecule has 1 aliphatic heterocycles. The average molecular weight is 348 g/mol. The normalized spacial score (nSPS) is 18.1. The standard InChI is InChI=1S/C18H13O3P.K.H/c19-22(20)18-9-5-4-8-15(18)16-12-14(10-11-17(16)21-22)13-6-2-1-3-7-13;;/h1-12H,(H,19,20);;/q;+1;-1. The average Bonchev–Trinajstić information content (AvgIpc) is 2.55. The molecule has 3 aromatic carbocycles. The minimum atomic E-state index is -3.80. The van der Waals surface area contributed by atoms with Crippen LogP contribution in [0.2, 0.25) is 0 Å². The van der Waals surface area contributed by atoms with Gasteiger partial charge in [-0.15, -0.1) is 0 Å². The quantitative estimate of drug-likeness (QED) is 0.533. The van der Waals surface area contributed by atoms with Gasteiger partial charge >= 0.3 is 59.0 Å². The van der Waals surface area contributed by atoms with Crippen molar-refractivity contribution in [3.63, 3.8) is 0 Å². The molecule has 3 nitrogen and oxygen atoms in total. The minimum absolute atomic E-state index is 0. The van der Waals surface area contributed by atoms with Crippen LogP contribution in [-0.4, -0.2) is 4.89 Å². The second-order valence-electron chi connectivity index (χ2n) is 5.21. The van der Waals surface area contributed by atoms with Crippen molar-refractivity contribution in [1.29, 1.82) is 0 Å². The minimum Gasteiger partial charge on any atom is -1.00 e. The van der Waals surface area contributed by atoms with Gasteiger partial charge in [0.15, 0.2) is 0 Å². The second kappa shape index (κ2) is 6.65. The van der Waals surface area contributed by atoms with Crippen molar-refractivity contribution >= 4 is 12.9 Å². The Balaban J connectivity index is 0.00000104. The molecule has 0 aliphatic carbocycles. The van der Waals surface area contributed by atoms with E-state index in [1.807, 2.05) is 54.6 Å². The van der Waals surface area contributed by atoms with E-state index in [2.05, 4.69) is 0 Å². The summed E-state index contributed by atoms with van der Waals surface area (Å²) in [5.74, 6) is 0.448. The first kappa shape index (κ1) is 17.1. The van der Waals surface area contributed by atoms with E-state index in [1.54, 1.807) is 18.2 Å². The molecule has 1 atom stereocenters. The van der Waals surface area contributed by atoms with Crippen LogP contribution in [0.5, 0.6) is 5.75 Å². The molecule has 0 aromatic heterocycles. The van der Waals surface area contributed by atoms with Crippen LogP contribution in [0.4, 0.5) is 0 Å². The van der Waals surface area contributed by atoms with Crippen LogP contribution in [0.3, 0.4) is 0 Å².